The Morgan fingerprint density at radius 2 is 1.72 bits per heavy atom. The molecule has 1 atom stereocenters. The van der Waals surface area contributed by atoms with Crippen LogP contribution in [0.2, 0.25) is 0 Å². The summed E-state index contributed by atoms with van der Waals surface area (Å²) in [4.78, 5) is 35.9. The number of amides is 2. The molecule has 1 heterocycles. The molecule has 1 unspecified atom stereocenters. The monoisotopic (exact) mass is 268 g/mol. The lowest BCUT2D eigenvalue weighted by Gasteiger charge is -2.26. The second-order valence-electron chi connectivity index (χ2n) is 3.75. The predicted octanol–water partition coefficient (Wildman–Crippen LogP) is 0.830. The number of benzene rings is 1. The lowest BCUT2D eigenvalue weighted by atomic mass is 10.1. The molecule has 7 heteroatoms. The van der Waals surface area contributed by atoms with Crippen molar-refractivity contribution >= 4 is 19.4 Å². The van der Waals surface area contributed by atoms with Crippen molar-refractivity contribution in [1.82, 2.24) is 4.90 Å². The molecule has 0 saturated carbocycles. The molecule has 2 amide bonds. The van der Waals surface area contributed by atoms with Gasteiger partial charge < -0.3 is 14.0 Å². The maximum atomic E-state index is 11.9. The average molecular weight is 268 g/mol. The van der Waals surface area contributed by atoms with Crippen LogP contribution in [0.4, 0.5) is 0 Å². The second-order valence-corrected chi connectivity index (χ2v) is 5.52. The summed E-state index contributed by atoms with van der Waals surface area (Å²) < 4.78 is 16.0. The molecule has 96 valence electrons. The summed E-state index contributed by atoms with van der Waals surface area (Å²) >= 11 is 0. The van der Waals surface area contributed by atoms with Crippen molar-refractivity contribution in [2.75, 3.05) is 12.9 Å². The number of imide groups is 1. The van der Waals surface area contributed by atoms with Crippen molar-refractivity contribution < 1.29 is 23.6 Å². The van der Waals surface area contributed by atoms with Gasteiger partial charge in [0.15, 0.2) is 7.60 Å². The third-order valence-electron chi connectivity index (χ3n) is 2.52. The minimum absolute atomic E-state index is 0.0239. The van der Waals surface area contributed by atoms with Crippen LogP contribution in [0.3, 0.4) is 0 Å². The molecular formula is C11H11NO5P-. The summed E-state index contributed by atoms with van der Waals surface area (Å²) in [6.45, 7) is 1.50. The first-order chi connectivity index (χ1) is 8.46. The van der Waals surface area contributed by atoms with Crippen molar-refractivity contribution in [1.29, 1.82) is 0 Å². The molecule has 0 bridgehead atoms. The number of nitrogens with zero attached hydrogens (tertiary/aromatic N) is 1. The first-order valence-electron chi connectivity index (χ1n) is 5.36. The minimum Gasteiger partial charge on any atom is -0.777 e. The molecule has 1 aromatic rings. The number of fused-ring (bicyclic) bond motifs is 1. The second kappa shape index (κ2) is 4.65. The highest BCUT2D eigenvalue weighted by Gasteiger charge is 2.36. The van der Waals surface area contributed by atoms with Crippen LogP contribution in [-0.2, 0) is 9.09 Å². The van der Waals surface area contributed by atoms with Gasteiger partial charge in [-0.1, -0.05) is 12.1 Å². The van der Waals surface area contributed by atoms with Gasteiger partial charge in [0.2, 0.25) is 0 Å². The number of carbonyl (C=O) groups excluding carboxylic acids is 2. The number of rotatable bonds is 4. The van der Waals surface area contributed by atoms with Crippen LogP contribution < -0.4 is 4.89 Å². The molecule has 0 radical (unpaired) electrons. The van der Waals surface area contributed by atoms with E-state index >= 15 is 0 Å². The zero-order valence-corrected chi connectivity index (χ0v) is 10.6. The van der Waals surface area contributed by atoms with Crippen LogP contribution in [0, 0.1) is 0 Å². The Morgan fingerprint density at radius 3 is 2.17 bits per heavy atom. The van der Waals surface area contributed by atoms with Gasteiger partial charge in [0.25, 0.3) is 11.8 Å². The largest absolute Gasteiger partial charge is 0.777 e. The lowest BCUT2D eigenvalue weighted by molar-refractivity contribution is -0.199. The number of hydrogen-bond acceptors (Lipinski definition) is 5. The van der Waals surface area contributed by atoms with E-state index in [1.54, 1.807) is 12.1 Å². The maximum absolute atomic E-state index is 11.9. The van der Waals surface area contributed by atoms with Gasteiger partial charge in [0.05, 0.1) is 24.0 Å². The van der Waals surface area contributed by atoms with Gasteiger partial charge in [-0.05, 0) is 19.1 Å². The Labute approximate surface area is 104 Å². The molecule has 0 N–H and O–H groups in total. The maximum Gasteiger partial charge on any atom is 0.262 e. The van der Waals surface area contributed by atoms with Gasteiger partial charge in [-0.3, -0.25) is 14.5 Å². The van der Waals surface area contributed by atoms with E-state index in [0.29, 0.717) is 4.90 Å². The van der Waals surface area contributed by atoms with Gasteiger partial charge >= 0.3 is 0 Å². The zero-order chi connectivity index (χ0) is 13.3. The van der Waals surface area contributed by atoms with Gasteiger partial charge in [-0.15, -0.1) is 0 Å². The van der Waals surface area contributed by atoms with E-state index in [9.17, 15) is 19.0 Å². The van der Waals surface area contributed by atoms with Crippen molar-refractivity contribution in [3.63, 3.8) is 0 Å². The predicted molar refractivity (Wildman–Crippen MR) is 61.0 cm³/mol. The van der Waals surface area contributed by atoms with Crippen molar-refractivity contribution in [2.45, 2.75) is 6.92 Å². The van der Waals surface area contributed by atoms with Gasteiger partial charge in [-0.2, -0.15) is 0 Å². The molecule has 18 heavy (non-hydrogen) atoms. The molecule has 1 aliphatic heterocycles. The summed E-state index contributed by atoms with van der Waals surface area (Å²) in [5.74, 6) is -1.21. The molecule has 0 aromatic heterocycles. The normalized spacial score (nSPS) is 17.8. The van der Waals surface area contributed by atoms with E-state index in [0.717, 1.165) is 0 Å². The van der Waals surface area contributed by atoms with Gasteiger partial charge in [0, 0.05) is 0 Å². The highest BCUT2D eigenvalue weighted by Crippen LogP contribution is 2.39. The molecular weight excluding hydrogens is 257 g/mol. The lowest BCUT2D eigenvalue weighted by Crippen LogP contribution is -2.33. The molecule has 0 aliphatic carbocycles. The van der Waals surface area contributed by atoms with Crippen LogP contribution in [0.5, 0.6) is 0 Å². The van der Waals surface area contributed by atoms with E-state index in [1.165, 1.54) is 19.1 Å². The Balaban J connectivity index is 2.27. The van der Waals surface area contributed by atoms with E-state index < -0.39 is 25.7 Å². The highest BCUT2D eigenvalue weighted by molar-refractivity contribution is 7.51. The number of carbonyl (C=O) groups is 2. The standard InChI is InChI=1S/C11H12NO5P/c1-2-17-18(15,16)7-12-10(13)8-5-3-4-6-9(8)11(12)14/h3-6H,2,7H2,1H3,(H,15,16)/p-1. The topological polar surface area (TPSA) is 86.7 Å². The van der Waals surface area contributed by atoms with Crippen LogP contribution in [0.1, 0.15) is 27.6 Å². The van der Waals surface area contributed by atoms with Crippen LogP contribution in [0.15, 0.2) is 24.3 Å². The Bertz CT molecular complexity index is 521. The molecule has 1 aliphatic rings. The van der Waals surface area contributed by atoms with E-state index in [1.807, 2.05) is 0 Å². The third-order valence-corrected chi connectivity index (χ3v) is 3.80. The molecule has 0 saturated heterocycles. The summed E-state index contributed by atoms with van der Waals surface area (Å²) in [5, 5.41) is 0. The highest BCUT2D eigenvalue weighted by atomic mass is 31.2. The molecule has 1 aromatic carbocycles. The molecule has 2 rings (SSSR count). The third kappa shape index (κ3) is 2.22. The SMILES string of the molecule is CCOP(=O)([O-])CN1C(=O)c2ccccc2C1=O. The number of hydrogen-bond donors (Lipinski definition) is 0. The smallest absolute Gasteiger partial charge is 0.262 e. The Kier molecular flexibility index (Phi) is 3.34. The van der Waals surface area contributed by atoms with Crippen molar-refractivity contribution in [3.05, 3.63) is 35.4 Å². The molecule has 6 nitrogen and oxygen atoms in total. The fourth-order valence-corrected chi connectivity index (χ4v) is 2.86. The zero-order valence-electron chi connectivity index (χ0n) is 9.66. The average Bonchev–Trinajstić information content (AvgIpc) is 2.55. The fourth-order valence-electron chi connectivity index (χ4n) is 1.78. The minimum atomic E-state index is -4.21. The van der Waals surface area contributed by atoms with Crippen LogP contribution >= 0.6 is 7.60 Å². The first-order valence-corrected chi connectivity index (χ1v) is 7.09. The van der Waals surface area contributed by atoms with Gasteiger partial charge in [0.1, 0.15) is 0 Å². The summed E-state index contributed by atoms with van der Waals surface area (Å²) in [6, 6.07) is 6.22. The Hall–Kier alpha value is -1.49. The van der Waals surface area contributed by atoms with Crippen molar-refractivity contribution in [3.8, 4) is 0 Å². The molecule has 0 spiro atoms. The molecule has 0 fully saturated rings. The quantitative estimate of drug-likeness (QED) is 0.596. The van der Waals surface area contributed by atoms with Crippen LogP contribution in [-0.4, -0.2) is 29.6 Å². The van der Waals surface area contributed by atoms with Crippen LogP contribution in [0.25, 0.3) is 0 Å². The Morgan fingerprint density at radius 1 is 1.22 bits per heavy atom. The summed E-state index contributed by atoms with van der Waals surface area (Å²) in [6.07, 6.45) is -0.729. The van der Waals surface area contributed by atoms with Gasteiger partial charge in [-0.25, -0.2) is 0 Å². The van der Waals surface area contributed by atoms with E-state index in [2.05, 4.69) is 4.52 Å². The summed E-state index contributed by atoms with van der Waals surface area (Å²) in [5.41, 5.74) is 0.443. The fraction of sp³-hybridized carbons (Fsp3) is 0.273. The van der Waals surface area contributed by atoms with E-state index in [4.69, 9.17) is 0 Å². The van der Waals surface area contributed by atoms with E-state index in [-0.39, 0.29) is 17.7 Å². The summed E-state index contributed by atoms with van der Waals surface area (Å²) in [7, 11) is -4.21. The van der Waals surface area contributed by atoms with Crippen molar-refractivity contribution in [2.24, 2.45) is 0 Å². The first kappa shape index (κ1) is 13.0.